The van der Waals surface area contributed by atoms with E-state index in [2.05, 4.69) is 85.8 Å². The number of hydrogen-bond donors (Lipinski definition) is 0. The Morgan fingerprint density at radius 1 is 0.760 bits per heavy atom. The highest BCUT2D eigenvalue weighted by atomic mass is 14.7. The van der Waals surface area contributed by atoms with Gasteiger partial charge in [0.25, 0.3) is 0 Å². The second-order valence-electron chi connectivity index (χ2n) is 6.62. The van der Waals surface area contributed by atoms with Crippen LogP contribution < -0.4 is 0 Å². The summed E-state index contributed by atoms with van der Waals surface area (Å²) in [4.78, 5) is 4.94. The first-order valence-electron chi connectivity index (χ1n) is 8.80. The van der Waals surface area contributed by atoms with E-state index < -0.39 is 0 Å². The lowest BCUT2D eigenvalue weighted by atomic mass is 9.90. The van der Waals surface area contributed by atoms with Crippen LogP contribution in [0.2, 0.25) is 0 Å². The molecule has 0 aliphatic heterocycles. The van der Waals surface area contributed by atoms with E-state index in [1.165, 1.54) is 11.1 Å². The van der Waals surface area contributed by atoms with Crippen molar-refractivity contribution in [3.63, 3.8) is 0 Å². The van der Waals surface area contributed by atoms with Crippen molar-refractivity contribution in [3.05, 3.63) is 96.6 Å². The quantitative estimate of drug-likeness (QED) is 0.544. The zero-order chi connectivity index (χ0) is 17.1. The van der Waals surface area contributed by atoms with E-state index in [9.17, 15) is 0 Å². The van der Waals surface area contributed by atoms with Crippen molar-refractivity contribution in [3.8, 4) is 22.5 Å². The monoisotopic (exact) mass is 323 g/mol. The van der Waals surface area contributed by atoms with Gasteiger partial charge in [-0.2, -0.15) is 0 Å². The van der Waals surface area contributed by atoms with Crippen LogP contribution in [0, 0.1) is 5.92 Å². The largest absolute Gasteiger partial charge is 0.248 e. The molecule has 4 rings (SSSR count). The Kier molecular flexibility index (Phi) is 4.30. The molecule has 1 heterocycles. The molecule has 0 unspecified atom stereocenters. The standard InChI is InChI=1S/C24H21N/c1-18-9-8-14-21(15-18)22-16-23(19-10-4-2-5-11-19)25-24(17-22)20-12-6-3-7-13-20/h2-14,16-18H,15H2,1H3/t18-/m1/s1. The summed E-state index contributed by atoms with van der Waals surface area (Å²) in [6, 6.07) is 25.3. The Morgan fingerprint density at radius 3 is 1.84 bits per heavy atom. The molecule has 1 heteroatoms. The second kappa shape index (κ2) is 6.90. The van der Waals surface area contributed by atoms with Crippen LogP contribution in [0.5, 0.6) is 0 Å². The highest BCUT2D eigenvalue weighted by molar-refractivity contribution is 5.77. The van der Waals surface area contributed by atoms with Crippen molar-refractivity contribution < 1.29 is 0 Å². The first-order chi connectivity index (χ1) is 12.3. The fourth-order valence-corrected chi connectivity index (χ4v) is 3.29. The van der Waals surface area contributed by atoms with Crippen LogP contribution >= 0.6 is 0 Å². The van der Waals surface area contributed by atoms with Gasteiger partial charge < -0.3 is 0 Å². The Labute approximate surface area is 149 Å². The van der Waals surface area contributed by atoms with E-state index in [1.54, 1.807) is 0 Å². The van der Waals surface area contributed by atoms with Gasteiger partial charge >= 0.3 is 0 Å². The number of aromatic nitrogens is 1. The van der Waals surface area contributed by atoms with Gasteiger partial charge in [0.1, 0.15) is 0 Å². The molecule has 1 aromatic heterocycles. The third kappa shape index (κ3) is 3.46. The summed E-state index contributed by atoms with van der Waals surface area (Å²) in [7, 11) is 0. The molecule has 25 heavy (non-hydrogen) atoms. The molecule has 1 nitrogen and oxygen atoms in total. The molecule has 0 spiro atoms. The van der Waals surface area contributed by atoms with Crippen molar-refractivity contribution in [1.82, 2.24) is 4.98 Å². The fourth-order valence-electron chi connectivity index (χ4n) is 3.29. The van der Waals surface area contributed by atoms with Crippen LogP contribution in [0.25, 0.3) is 28.1 Å². The third-order valence-electron chi connectivity index (χ3n) is 4.61. The minimum Gasteiger partial charge on any atom is -0.248 e. The highest BCUT2D eigenvalue weighted by Gasteiger charge is 2.13. The SMILES string of the molecule is C[C@@H]1C=CC=C(c2cc(-c3ccccc3)nc(-c3ccccc3)c2)C1. The third-order valence-corrected chi connectivity index (χ3v) is 4.61. The molecule has 0 radical (unpaired) electrons. The lowest BCUT2D eigenvalue weighted by molar-refractivity contribution is 0.749. The number of rotatable bonds is 3. The molecule has 2 aromatic carbocycles. The molecular formula is C24H21N. The van der Waals surface area contributed by atoms with Gasteiger partial charge in [-0.15, -0.1) is 0 Å². The summed E-state index contributed by atoms with van der Waals surface area (Å²) in [6.07, 6.45) is 7.75. The molecule has 122 valence electrons. The van der Waals surface area contributed by atoms with E-state index >= 15 is 0 Å². The topological polar surface area (TPSA) is 12.9 Å². The molecule has 0 N–H and O–H groups in total. The number of hydrogen-bond acceptors (Lipinski definition) is 1. The minimum atomic E-state index is 0.577. The molecule has 1 aliphatic carbocycles. The molecule has 3 aromatic rings. The maximum absolute atomic E-state index is 4.94. The van der Waals surface area contributed by atoms with Gasteiger partial charge in [0.15, 0.2) is 0 Å². The molecule has 1 aliphatic rings. The van der Waals surface area contributed by atoms with Gasteiger partial charge in [0, 0.05) is 11.1 Å². The lowest BCUT2D eigenvalue weighted by Crippen LogP contribution is -1.99. The summed E-state index contributed by atoms with van der Waals surface area (Å²) in [5.74, 6) is 0.577. The molecule has 0 amide bonds. The lowest BCUT2D eigenvalue weighted by Gasteiger charge is -2.17. The summed E-state index contributed by atoms with van der Waals surface area (Å²) in [5, 5.41) is 0. The first kappa shape index (κ1) is 15.6. The van der Waals surface area contributed by atoms with Crippen molar-refractivity contribution in [2.75, 3.05) is 0 Å². The van der Waals surface area contributed by atoms with Crippen LogP contribution in [-0.2, 0) is 0 Å². The van der Waals surface area contributed by atoms with Crippen molar-refractivity contribution in [1.29, 1.82) is 0 Å². The smallest absolute Gasteiger partial charge is 0.0715 e. The molecule has 0 fully saturated rings. The molecule has 0 bridgehead atoms. The second-order valence-corrected chi connectivity index (χ2v) is 6.62. The van der Waals surface area contributed by atoms with Gasteiger partial charge in [-0.3, -0.25) is 0 Å². The summed E-state index contributed by atoms with van der Waals surface area (Å²) < 4.78 is 0. The van der Waals surface area contributed by atoms with Crippen molar-refractivity contribution >= 4 is 5.57 Å². The average Bonchev–Trinajstić information content (AvgIpc) is 2.69. The highest BCUT2D eigenvalue weighted by Crippen LogP contribution is 2.32. The maximum Gasteiger partial charge on any atom is 0.0715 e. The molecule has 0 saturated heterocycles. The molecular weight excluding hydrogens is 302 g/mol. The van der Waals surface area contributed by atoms with E-state index in [4.69, 9.17) is 4.98 Å². The zero-order valence-electron chi connectivity index (χ0n) is 14.4. The van der Waals surface area contributed by atoms with Gasteiger partial charge in [-0.1, -0.05) is 85.8 Å². The van der Waals surface area contributed by atoms with E-state index in [-0.39, 0.29) is 0 Å². The number of allylic oxidation sites excluding steroid dienone is 4. The van der Waals surface area contributed by atoms with Crippen LogP contribution in [0.15, 0.2) is 91.0 Å². The van der Waals surface area contributed by atoms with Crippen molar-refractivity contribution in [2.24, 2.45) is 5.92 Å². The number of benzene rings is 2. The summed E-state index contributed by atoms with van der Waals surface area (Å²) in [6.45, 7) is 2.26. The maximum atomic E-state index is 4.94. The van der Waals surface area contributed by atoms with Crippen LogP contribution in [0.4, 0.5) is 0 Å². The Hall–Kier alpha value is -2.93. The predicted molar refractivity (Wildman–Crippen MR) is 106 cm³/mol. The normalized spacial score (nSPS) is 16.5. The first-order valence-corrected chi connectivity index (χ1v) is 8.80. The van der Waals surface area contributed by atoms with E-state index in [0.717, 1.165) is 28.9 Å². The summed E-state index contributed by atoms with van der Waals surface area (Å²) >= 11 is 0. The number of nitrogens with zero attached hydrogens (tertiary/aromatic N) is 1. The summed E-state index contributed by atoms with van der Waals surface area (Å²) in [5.41, 5.74) is 7.01. The molecule has 1 atom stereocenters. The predicted octanol–water partition coefficient (Wildman–Crippen LogP) is 6.40. The molecule has 0 saturated carbocycles. The van der Waals surface area contributed by atoms with Crippen LogP contribution in [-0.4, -0.2) is 4.98 Å². The van der Waals surface area contributed by atoms with Gasteiger partial charge in [0.2, 0.25) is 0 Å². The van der Waals surface area contributed by atoms with E-state index in [1.807, 2.05) is 12.1 Å². The van der Waals surface area contributed by atoms with E-state index in [0.29, 0.717) is 5.92 Å². The Morgan fingerprint density at radius 2 is 1.32 bits per heavy atom. The van der Waals surface area contributed by atoms with Crippen LogP contribution in [0.1, 0.15) is 18.9 Å². The van der Waals surface area contributed by atoms with Gasteiger partial charge in [0.05, 0.1) is 11.4 Å². The zero-order valence-corrected chi connectivity index (χ0v) is 14.4. The van der Waals surface area contributed by atoms with Gasteiger partial charge in [-0.25, -0.2) is 4.98 Å². The number of pyridine rings is 1. The van der Waals surface area contributed by atoms with Crippen molar-refractivity contribution in [2.45, 2.75) is 13.3 Å². The Bertz CT molecular complexity index is 863. The van der Waals surface area contributed by atoms with Crippen LogP contribution in [0.3, 0.4) is 0 Å². The average molecular weight is 323 g/mol. The fraction of sp³-hybridized carbons (Fsp3) is 0.125. The van der Waals surface area contributed by atoms with Gasteiger partial charge in [-0.05, 0) is 35.6 Å². The Balaban J connectivity index is 1.87. The minimum absolute atomic E-state index is 0.577.